The lowest BCUT2D eigenvalue weighted by Crippen LogP contribution is -2.28. The van der Waals surface area contributed by atoms with Crippen molar-refractivity contribution >= 4 is 0 Å². The number of piperidine rings is 1. The average Bonchev–Trinajstić information content (AvgIpc) is 2.31. The van der Waals surface area contributed by atoms with Crippen molar-refractivity contribution in [3.8, 4) is 5.75 Å². The second kappa shape index (κ2) is 4.67. The van der Waals surface area contributed by atoms with Gasteiger partial charge >= 0.3 is 0 Å². The number of rotatable bonds is 2. The first-order chi connectivity index (χ1) is 7.31. The molecule has 15 heavy (non-hydrogen) atoms. The van der Waals surface area contributed by atoms with Gasteiger partial charge in [-0.25, -0.2) is 0 Å². The Morgan fingerprint density at radius 1 is 1.40 bits per heavy atom. The number of ether oxygens (including phenoxy) is 1. The largest absolute Gasteiger partial charge is 0.496 e. The zero-order valence-corrected chi connectivity index (χ0v) is 9.55. The van der Waals surface area contributed by atoms with E-state index in [4.69, 9.17) is 4.74 Å². The van der Waals surface area contributed by atoms with E-state index in [0.717, 1.165) is 12.3 Å². The Morgan fingerprint density at radius 3 is 2.93 bits per heavy atom. The van der Waals surface area contributed by atoms with Gasteiger partial charge in [0.2, 0.25) is 0 Å². The van der Waals surface area contributed by atoms with Gasteiger partial charge in [0, 0.05) is 6.54 Å². The molecule has 0 spiro atoms. The van der Waals surface area contributed by atoms with Gasteiger partial charge in [-0.05, 0) is 49.4 Å². The summed E-state index contributed by atoms with van der Waals surface area (Å²) in [5.74, 6) is 1.67. The van der Waals surface area contributed by atoms with Gasteiger partial charge in [-0.3, -0.25) is 0 Å². The second-order valence-electron chi connectivity index (χ2n) is 4.27. The van der Waals surface area contributed by atoms with Crippen LogP contribution in [-0.2, 0) is 0 Å². The zero-order chi connectivity index (χ0) is 10.7. The Kier molecular flexibility index (Phi) is 3.27. The van der Waals surface area contributed by atoms with Crippen molar-refractivity contribution in [1.82, 2.24) is 5.32 Å². The molecule has 1 heterocycles. The molecule has 1 aromatic rings. The van der Waals surface area contributed by atoms with Crippen LogP contribution < -0.4 is 10.1 Å². The molecule has 0 amide bonds. The summed E-state index contributed by atoms with van der Waals surface area (Å²) in [7, 11) is 1.74. The van der Waals surface area contributed by atoms with E-state index in [1.165, 1.54) is 30.5 Å². The van der Waals surface area contributed by atoms with Crippen LogP contribution in [0.4, 0.5) is 0 Å². The van der Waals surface area contributed by atoms with E-state index in [9.17, 15) is 0 Å². The van der Waals surface area contributed by atoms with Gasteiger partial charge in [0.1, 0.15) is 5.75 Å². The minimum atomic E-state index is 0.660. The van der Waals surface area contributed by atoms with Crippen LogP contribution in [-0.4, -0.2) is 20.2 Å². The topological polar surface area (TPSA) is 21.3 Å². The van der Waals surface area contributed by atoms with Crippen molar-refractivity contribution < 1.29 is 4.74 Å². The molecule has 82 valence electrons. The number of aryl methyl sites for hydroxylation is 1. The van der Waals surface area contributed by atoms with Crippen molar-refractivity contribution in [3.63, 3.8) is 0 Å². The summed E-state index contributed by atoms with van der Waals surface area (Å²) in [4.78, 5) is 0. The highest BCUT2D eigenvalue weighted by molar-refractivity contribution is 5.38. The van der Waals surface area contributed by atoms with Crippen LogP contribution in [0.1, 0.15) is 29.9 Å². The molecule has 2 rings (SSSR count). The van der Waals surface area contributed by atoms with Crippen molar-refractivity contribution in [2.24, 2.45) is 0 Å². The Hall–Kier alpha value is -1.02. The third-order valence-corrected chi connectivity index (χ3v) is 3.20. The predicted molar refractivity (Wildman–Crippen MR) is 62.6 cm³/mol. The number of hydrogen-bond donors (Lipinski definition) is 1. The summed E-state index contributed by atoms with van der Waals surface area (Å²) < 4.78 is 5.36. The fourth-order valence-electron chi connectivity index (χ4n) is 2.23. The van der Waals surface area contributed by atoms with Gasteiger partial charge in [-0.2, -0.15) is 0 Å². The average molecular weight is 205 g/mol. The van der Waals surface area contributed by atoms with Gasteiger partial charge in [-0.1, -0.05) is 12.1 Å². The molecule has 0 saturated carbocycles. The maximum atomic E-state index is 5.36. The second-order valence-corrected chi connectivity index (χ2v) is 4.27. The maximum absolute atomic E-state index is 5.36. The Morgan fingerprint density at radius 2 is 2.27 bits per heavy atom. The molecular formula is C13H19NO. The van der Waals surface area contributed by atoms with Crippen LogP contribution in [0.15, 0.2) is 18.2 Å². The molecule has 1 aliphatic rings. The lowest BCUT2D eigenvalue weighted by atomic mass is 9.91. The minimum Gasteiger partial charge on any atom is -0.496 e. The first-order valence-electron chi connectivity index (χ1n) is 5.66. The molecule has 0 aliphatic carbocycles. The predicted octanol–water partition coefficient (Wildman–Crippen LogP) is 2.47. The first kappa shape index (κ1) is 10.5. The standard InChI is InChI=1S/C13H19NO/c1-10-5-6-11(8-13(10)15-2)12-4-3-7-14-9-12/h5-6,8,12,14H,3-4,7,9H2,1-2H3. The summed E-state index contributed by atoms with van der Waals surface area (Å²) in [6, 6.07) is 6.57. The van der Waals surface area contributed by atoms with Gasteiger partial charge in [0.25, 0.3) is 0 Å². The lowest BCUT2D eigenvalue weighted by Gasteiger charge is -2.23. The Bertz CT molecular complexity index is 329. The zero-order valence-electron chi connectivity index (χ0n) is 9.55. The molecule has 2 heteroatoms. The van der Waals surface area contributed by atoms with E-state index in [1.54, 1.807) is 7.11 Å². The van der Waals surface area contributed by atoms with Crippen LogP contribution in [0.2, 0.25) is 0 Å². The third kappa shape index (κ3) is 2.32. The van der Waals surface area contributed by atoms with Crippen molar-refractivity contribution in [2.45, 2.75) is 25.7 Å². The van der Waals surface area contributed by atoms with E-state index in [-0.39, 0.29) is 0 Å². The van der Waals surface area contributed by atoms with E-state index >= 15 is 0 Å². The van der Waals surface area contributed by atoms with Gasteiger partial charge < -0.3 is 10.1 Å². The molecule has 2 nitrogen and oxygen atoms in total. The summed E-state index contributed by atoms with van der Waals surface area (Å²) in [6.07, 6.45) is 2.57. The van der Waals surface area contributed by atoms with Crippen LogP contribution in [0, 0.1) is 6.92 Å². The molecule has 1 fully saturated rings. The number of hydrogen-bond acceptors (Lipinski definition) is 2. The minimum absolute atomic E-state index is 0.660. The van der Waals surface area contributed by atoms with Gasteiger partial charge in [0.05, 0.1) is 7.11 Å². The Balaban J connectivity index is 2.20. The molecule has 0 aromatic heterocycles. The molecule has 1 aromatic carbocycles. The van der Waals surface area contributed by atoms with Crippen molar-refractivity contribution in [3.05, 3.63) is 29.3 Å². The molecule has 1 atom stereocenters. The van der Waals surface area contributed by atoms with Gasteiger partial charge in [0.15, 0.2) is 0 Å². The fourth-order valence-corrected chi connectivity index (χ4v) is 2.23. The molecular weight excluding hydrogens is 186 g/mol. The van der Waals surface area contributed by atoms with Crippen molar-refractivity contribution in [2.75, 3.05) is 20.2 Å². The summed E-state index contributed by atoms with van der Waals surface area (Å²) in [5.41, 5.74) is 2.62. The van der Waals surface area contributed by atoms with Crippen LogP contribution in [0.25, 0.3) is 0 Å². The summed E-state index contributed by atoms with van der Waals surface area (Å²) in [6.45, 7) is 4.35. The number of nitrogens with one attached hydrogen (secondary N) is 1. The molecule has 0 bridgehead atoms. The van der Waals surface area contributed by atoms with Crippen LogP contribution in [0.3, 0.4) is 0 Å². The van der Waals surface area contributed by atoms with Crippen LogP contribution >= 0.6 is 0 Å². The van der Waals surface area contributed by atoms with E-state index in [0.29, 0.717) is 5.92 Å². The SMILES string of the molecule is COc1cc(C2CCCNC2)ccc1C. The highest BCUT2D eigenvalue weighted by Gasteiger charge is 2.15. The smallest absolute Gasteiger partial charge is 0.122 e. The van der Waals surface area contributed by atoms with Crippen molar-refractivity contribution in [1.29, 1.82) is 0 Å². The molecule has 0 radical (unpaired) electrons. The number of methoxy groups -OCH3 is 1. The monoisotopic (exact) mass is 205 g/mol. The van der Waals surface area contributed by atoms with Gasteiger partial charge in [-0.15, -0.1) is 0 Å². The maximum Gasteiger partial charge on any atom is 0.122 e. The highest BCUT2D eigenvalue weighted by atomic mass is 16.5. The normalized spacial score (nSPS) is 21.3. The lowest BCUT2D eigenvalue weighted by molar-refractivity contribution is 0.408. The first-order valence-corrected chi connectivity index (χ1v) is 5.66. The summed E-state index contributed by atoms with van der Waals surface area (Å²) >= 11 is 0. The molecule has 1 aliphatic heterocycles. The van der Waals surface area contributed by atoms with E-state index in [1.807, 2.05) is 0 Å². The summed E-state index contributed by atoms with van der Waals surface area (Å²) in [5, 5.41) is 3.44. The molecule has 1 unspecified atom stereocenters. The Labute approximate surface area is 91.6 Å². The van der Waals surface area contributed by atoms with E-state index in [2.05, 4.69) is 30.4 Å². The quantitative estimate of drug-likeness (QED) is 0.801. The highest BCUT2D eigenvalue weighted by Crippen LogP contribution is 2.28. The molecule has 1 N–H and O–H groups in total. The molecule has 1 saturated heterocycles. The fraction of sp³-hybridized carbons (Fsp3) is 0.538. The van der Waals surface area contributed by atoms with Crippen LogP contribution in [0.5, 0.6) is 5.75 Å². The van der Waals surface area contributed by atoms with E-state index < -0.39 is 0 Å². The third-order valence-electron chi connectivity index (χ3n) is 3.20. The number of benzene rings is 1.